The molecule has 0 atom stereocenters. The van der Waals surface area contributed by atoms with E-state index in [9.17, 15) is 4.79 Å². The van der Waals surface area contributed by atoms with E-state index in [0.29, 0.717) is 35.1 Å². The summed E-state index contributed by atoms with van der Waals surface area (Å²) in [4.78, 5) is 16.4. The summed E-state index contributed by atoms with van der Waals surface area (Å²) in [5.41, 5.74) is 1.81. The topological polar surface area (TPSA) is 102 Å². The molecule has 0 radical (unpaired) electrons. The van der Waals surface area contributed by atoms with Gasteiger partial charge in [0.05, 0.1) is 11.9 Å². The summed E-state index contributed by atoms with van der Waals surface area (Å²) in [7, 11) is 1.80. The first kappa shape index (κ1) is 17.9. The maximum absolute atomic E-state index is 11.8. The summed E-state index contributed by atoms with van der Waals surface area (Å²) >= 11 is 0. The number of anilines is 4. The first-order valence-corrected chi connectivity index (χ1v) is 9.04. The number of carbonyl (C=O) groups is 1. The summed E-state index contributed by atoms with van der Waals surface area (Å²) in [6.07, 6.45) is 1.96. The van der Waals surface area contributed by atoms with E-state index in [1.807, 2.05) is 38.1 Å². The van der Waals surface area contributed by atoms with Gasteiger partial charge < -0.3 is 25.4 Å². The van der Waals surface area contributed by atoms with Gasteiger partial charge >= 0.3 is 0 Å². The molecule has 3 N–H and O–H groups in total. The van der Waals surface area contributed by atoms with Crippen LogP contribution in [0, 0.1) is 0 Å². The summed E-state index contributed by atoms with van der Waals surface area (Å²) < 4.78 is 13.3. The number of amides is 1. The van der Waals surface area contributed by atoms with E-state index in [-0.39, 0.29) is 5.91 Å². The van der Waals surface area contributed by atoms with Crippen LogP contribution < -0.4 is 25.4 Å². The Hall–Kier alpha value is -3.49. The van der Waals surface area contributed by atoms with Gasteiger partial charge in [-0.1, -0.05) is 13.0 Å². The summed E-state index contributed by atoms with van der Waals surface area (Å²) in [5, 5.41) is 13.5. The lowest BCUT2D eigenvalue weighted by atomic mass is 10.2. The van der Waals surface area contributed by atoms with Crippen LogP contribution in [0.4, 0.5) is 23.0 Å². The number of rotatable bonds is 5. The van der Waals surface area contributed by atoms with Gasteiger partial charge in [-0.15, -0.1) is 0 Å². The van der Waals surface area contributed by atoms with Gasteiger partial charge in [-0.25, -0.2) is 4.98 Å². The number of nitrogens with one attached hydrogen (secondary N) is 3. The molecule has 4 rings (SSSR count). The molecule has 146 valence electrons. The van der Waals surface area contributed by atoms with Crippen molar-refractivity contribution in [2.45, 2.75) is 33.0 Å². The Kier molecular flexibility index (Phi) is 4.21. The minimum absolute atomic E-state index is 0.102. The van der Waals surface area contributed by atoms with Crippen LogP contribution in [0.5, 0.6) is 11.5 Å². The lowest BCUT2D eigenvalue weighted by Crippen LogP contribution is -2.29. The standard InChI is InChI=1S/C19H22N6O3/c1-5-16(26)23-12-10-21-25-15(20-4)9-14(24-18(12)25)22-11-7-6-8-13-17(11)28-19(2,3)27-13/h6-10,20H,5H2,1-4H3,(H,22,24)(H,23,26). The molecule has 9 nitrogen and oxygen atoms in total. The van der Waals surface area contributed by atoms with Crippen molar-refractivity contribution in [3.8, 4) is 11.5 Å². The fourth-order valence-corrected chi connectivity index (χ4v) is 3.00. The summed E-state index contributed by atoms with van der Waals surface area (Å²) in [5.74, 6) is 1.77. The van der Waals surface area contributed by atoms with E-state index >= 15 is 0 Å². The molecule has 2 aromatic heterocycles. The highest BCUT2D eigenvalue weighted by Gasteiger charge is 2.33. The second kappa shape index (κ2) is 6.59. The van der Waals surface area contributed by atoms with Gasteiger partial charge in [0.2, 0.25) is 11.7 Å². The van der Waals surface area contributed by atoms with E-state index in [1.54, 1.807) is 24.7 Å². The Morgan fingerprint density at radius 3 is 2.82 bits per heavy atom. The molecule has 3 aromatic rings. The Morgan fingerprint density at radius 2 is 2.07 bits per heavy atom. The molecule has 28 heavy (non-hydrogen) atoms. The predicted molar refractivity (Wildman–Crippen MR) is 107 cm³/mol. The zero-order valence-corrected chi connectivity index (χ0v) is 16.2. The van der Waals surface area contributed by atoms with Crippen molar-refractivity contribution >= 4 is 34.6 Å². The number of hydrogen-bond acceptors (Lipinski definition) is 7. The normalized spacial score (nSPS) is 14.1. The van der Waals surface area contributed by atoms with Crippen LogP contribution in [0.15, 0.2) is 30.5 Å². The Balaban J connectivity index is 1.73. The number of aromatic nitrogens is 3. The number of para-hydroxylation sites is 1. The zero-order valence-electron chi connectivity index (χ0n) is 16.2. The number of nitrogens with zero attached hydrogens (tertiary/aromatic N) is 3. The van der Waals surface area contributed by atoms with Crippen LogP contribution in [0.2, 0.25) is 0 Å². The highest BCUT2D eigenvalue weighted by atomic mass is 16.7. The molecule has 0 saturated carbocycles. The van der Waals surface area contributed by atoms with Crippen molar-refractivity contribution in [2.75, 3.05) is 23.0 Å². The van der Waals surface area contributed by atoms with E-state index < -0.39 is 5.79 Å². The summed E-state index contributed by atoms with van der Waals surface area (Å²) in [6.45, 7) is 5.50. The fourth-order valence-electron chi connectivity index (χ4n) is 3.00. The number of carbonyl (C=O) groups excluding carboxylic acids is 1. The molecule has 1 amide bonds. The van der Waals surface area contributed by atoms with Gasteiger partial charge in [0.1, 0.15) is 17.3 Å². The van der Waals surface area contributed by atoms with Crippen molar-refractivity contribution in [1.82, 2.24) is 14.6 Å². The van der Waals surface area contributed by atoms with Crippen molar-refractivity contribution in [2.24, 2.45) is 0 Å². The first-order chi connectivity index (χ1) is 13.4. The second-order valence-corrected chi connectivity index (χ2v) is 6.83. The minimum atomic E-state index is -0.726. The maximum Gasteiger partial charge on any atom is 0.246 e. The zero-order chi connectivity index (χ0) is 19.9. The Labute approximate surface area is 162 Å². The highest BCUT2D eigenvalue weighted by molar-refractivity contribution is 5.94. The van der Waals surface area contributed by atoms with Crippen LogP contribution >= 0.6 is 0 Å². The number of hydrogen-bond donors (Lipinski definition) is 3. The number of ether oxygens (including phenoxy) is 2. The molecular weight excluding hydrogens is 360 g/mol. The lowest BCUT2D eigenvalue weighted by molar-refractivity contribution is -0.115. The minimum Gasteiger partial charge on any atom is -0.449 e. The highest BCUT2D eigenvalue weighted by Crippen LogP contribution is 2.45. The molecule has 0 unspecified atom stereocenters. The van der Waals surface area contributed by atoms with Crippen molar-refractivity contribution in [3.05, 3.63) is 30.5 Å². The number of benzene rings is 1. The monoisotopic (exact) mass is 382 g/mol. The van der Waals surface area contributed by atoms with Gasteiger partial charge in [-0.2, -0.15) is 9.61 Å². The van der Waals surface area contributed by atoms with E-state index in [1.165, 1.54) is 0 Å². The smallest absolute Gasteiger partial charge is 0.246 e. The van der Waals surface area contributed by atoms with Crippen LogP contribution in [-0.2, 0) is 4.79 Å². The van der Waals surface area contributed by atoms with Gasteiger partial charge in [0.15, 0.2) is 17.1 Å². The molecule has 0 aliphatic carbocycles. The molecule has 3 heterocycles. The van der Waals surface area contributed by atoms with Gasteiger partial charge in [0.25, 0.3) is 0 Å². The molecule has 1 aliphatic rings. The van der Waals surface area contributed by atoms with Crippen molar-refractivity contribution < 1.29 is 14.3 Å². The largest absolute Gasteiger partial charge is 0.449 e. The first-order valence-electron chi connectivity index (χ1n) is 9.04. The third-order valence-corrected chi connectivity index (χ3v) is 4.27. The van der Waals surface area contributed by atoms with Gasteiger partial charge in [-0.05, 0) is 12.1 Å². The predicted octanol–water partition coefficient (Wildman–Crippen LogP) is 3.37. The number of fused-ring (bicyclic) bond motifs is 2. The molecule has 0 fully saturated rings. The molecule has 1 aromatic carbocycles. The van der Waals surface area contributed by atoms with Gasteiger partial charge in [0, 0.05) is 33.4 Å². The fraction of sp³-hybridized carbons (Fsp3) is 0.316. The average Bonchev–Trinajstić information content (AvgIpc) is 3.21. The van der Waals surface area contributed by atoms with E-state index in [2.05, 4.69) is 26.0 Å². The average molecular weight is 382 g/mol. The van der Waals surface area contributed by atoms with Gasteiger partial charge in [-0.3, -0.25) is 4.79 Å². The quantitative estimate of drug-likeness (QED) is 0.622. The van der Waals surface area contributed by atoms with E-state index in [0.717, 1.165) is 11.5 Å². The van der Waals surface area contributed by atoms with Crippen LogP contribution in [-0.4, -0.2) is 33.3 Å². The molecule has 0 bridgehead atoms. The molecule has 9 heteroatoms. The molecule has 0 spiro atoms. The maximum atomic E-state index is 11.8. The molecule has 0 saturated heterocycles. The third-order valence-electron chi connectivity index (χ3n) is 4.27. The lowest BCUT2D eigenvalue weighted by Gasteiger charge is -2.17. The van der Waals surface area contributed by atoms with Crippen LogP contribution in [0.1, 0.15) is 27.2 Å². The van der Waals surface area contributed by atoms with Crippen molar-refractivity contribution in [3.63, 3.8) is 0 Å². The Morgan fingerprint density at radius 1 is 1.25 bits per heavy atom. The molecule has 1 aliphatic heterocycles. The van der Waals surface area contributed by atoms with Crippen LogP contribution in [0.25, 0.3) is 5.65 Å². The molecular formula is C19H22N6O3. The van der Waals surface area contributed by atoms with E-state index in [4.69, 9.17) is 9.47 Å². The summed E-state index contributed by atoms with van der Waals surface area (Å²) in [6, 6.07) is 7.46. The van der Waals surface area contributed by atoms with Crippen molar-refractivity contribution in [1.29, 1.82) is 0 Å². The van der Waals surface area contributed by atoms with Crippen LogP contribution in [0.3, 0.4) is 0 Å². The Bertz CT molecular complexity index is 1060. The second-order valence-electron chi connectivity index (χ2n) is 6.83. The SMILES string of the molecule is CCC(=O)Nc1cnn2c(NC)cc(Nc3cccc4c3OC(C)(C)O4)nc12. The third kappa shape index (κ3) is 3.15.